The van der Waals surface area contributed by atoms with E-state index in [2.05, 4.69) is 17.4 Å². The third-order valence-electron chi connectivity index (χ3n) is 4.11. The summed E-state index contributed by atoms with van der Waals surface area (Å²) in [6.07, 6.45) is 2.63. The zero-order chi connectivity index (χ0) is 15.5. The molecule has 2 aromatic carbocycles. The van der Waals surface area contributed by atoms with Crippen molar-refractivity contribution in [2.75, 3.05) is 13.2 Å². The van der Waals surface area contributed by atoms with Crippen LogP contribution in [0, 0.1) is 0 Å². The highest BCUT2D eigenvalue weighted by Crippen LogP contribution is 2.31. The Hall–Kier alpha value is -1.91. The van der Waals surface area contributed by atoms with Gasteiger partial charge in [0.15, 0.2) is 11.5 Å². The largest absolute Gasteiger partial charge is 1.00 e. The minimum atomic E-state index is 0. The maximum atomic E-state index is 5.86. The van der Waals surface area contributed by atoms with Crippen LogP contribution < -0.4 is 31.9 Å². The highest BCUT2D eigenvalue weighted by molar-refractivity contribution is 5.43. The maximum absolute atomic E-state index is 5.86. The predicted molar refractivity (Wildman–Crippen MR) is 88.1 cm³/mol. The number of rotatable bonds is 6. The van der Waals surface area contributed by atoms with Crippen molar-refractivity contribution in [2.45, 2.75) is 32.0 Å². The molecule has 2 aliphatic rings. The normalized spacial score (nSPS) is 15.5. The van der Waals surface area contributed by atoms with Gasteiger partial charge in [-0.3, -0.25) is 0 Å². The molecule has 1 saturated carbocycles. The van der Waals surface area contributed by atoms with E-state index in [1.165, 1.54) is 18.4 Å². The third kappa shape index (κ3) is 4.34. The summed E-state index contributed by atoms with van der Waals surface area (Å²) < 4.78 is 17.0. The first kappa shape index (κ1) is 16.9. The van der Waals surface area contributed by atoms with Gasteiger partial charge in [0, 0.05) is 12.6 Å². The minimum Gasteiger partial charge on any atom is -1.00 e. The lowest BCUT2D eigenvalue weighted by Gasteiger charge is -2.19. The lowest BCUT2D eigenvalue weighted by molar-refractivity contribution is -0.00000562. The van der Waals surface area contributed by atoms with Crippen LogP contribution in [0.1, 0.15) is 24.0 Å². The smallest absolute Gasteiger partial charge is 0.161 e. The highest BCUT2D eigenvalue weighted by atomic mass is 35.5. The van der Waals surface area contributed by atoms with Crippen LogP contribution in [0.5, 0.6) is 17.2 Å². The quantitative estimate of drug-likeness (QED) is 0.816. The Kier molecular flexibility index (Phi) is 5.48. The molecule has 4 rings (SSSR count). The summed E-state index contributed by atoms with van der Waals surface area (Å²) in [5, 5.41) is 3.51. The van der Waals surface area contributed by atoms with Crippen LogP contribution in [0.15, 0.2) is 42.5 Å². The Morgan fingerprint density at radius 3 is 2.38 bits per heavy atom. The topological polar surface area (TPSA) is 39.7 Å². The van der Waals surface area contributed by atoms with Crippen LogP contribution in [0.2, 0.25) is 0 Å². The molecule has 1 N–H and O–H groups in total. The first-order valence-electron chi connectivity index (χ1n) is 8.20. The van der Waals surface area contributed by atoms with Gasteiger partial charge >= 0.3 is 0 Å². The summed E-state index contributed by atoms with van der Waals surface area (Å²) in [4.78, 5) is 0. The van der Waals surface area contributed by atoms with Crippen molar-refractivity contribution < 1.29 is 26.6 Å². The SMILES string of the molecule is [Cl-].c1cc(OCc2ccc3c(c2)OCCO3)ccc1CNC1CC1. The molecule has 1 aliphatic heterocycles. The average molecular weight is 347 g/mol. The van der Waals surface area contributed by atoms with Gasteiger partial charge in [0.1, 0.15) is 25.6 Å². The van der Waals surface area contributed by atoms with Crippen molar-refractivity contribution in [3.63, 3.8) is 0 Å². The number of nitrogens with one attached hydrogen (secondary N) is 1. The van der Waals surface area contributed by atoms with Crippen LogP contribution in [0.4, 0.5) is 0 Å². The number of benzene rings is 2. The number of hydrogen-bond donors (Lipinski definition) is 1. The van der Waals surface area contributed by atoms with E-state index in [1.54, 1.807) is 0 Å². The molecule has 24 heavy (non-hydrogen) atoms. The minimum absolute atomic E-state index is 0. The molecule has 2 aromatic rings. The monoisotopic (exact) mass is 346 g/mol. The summed E-state index contributed by atoms with van der Waals surface area (Å²) in [5.74, 6) is 2.50. The van der Waals surface area contributed by atoms with Crippen molar-refractivity contribution >= 4 is 0 Å². The molecule has 4 nitrogen and oxygen atoms in total. The van der Waals surface area contributed by atoms with E-state index >= 15 is 0 Å². The van der Waals surface area contributed by atoms with E-state index in [0.717, 1.165) is 35.4 Å². The van der Waals surface area contributed by atoms with E-state index < -0.39 is 0 Å². The molecule has 0 bridgehead atoms. The van der Waals surface area contributed by atoms with E-state index in [0.29, 0.717) is 19.8 Å². The van der Waals surface area contributed by atoms with Gasteiger partial charge in [0.05, 0.1) is 0 Å². The number of halogens is 1. The molecule has 1 heterocycles. The van der Waals surface area contributed by atoms with Gasteiger partial charge in [-0.05, 0) is 48.2 Å². The van der Waals surface area contributed by atoms with Gasteiger partial charge < -0.3 is 31.9 Å². The highest BCUT2D eigenvalue weighted by Gasteiger charge is 2.19. The number of ether oxygens (including phenoxy) is 3. The Bertz CT molecular complexity index is 671. The van der Waals surface area contributed by atoms with Gasteiger partial charge in [-0.2, -0.15) is 0 Å². The molecule has 128 valence electrons. The number of fused-ring (bicyclic) bond motifs is 1. The molecular formula is C19H21ClNO3-. The molecule has 5 heteroatoms. The maximum Gasteiger partial charge on any atom is 0.161 e. The van der Waals surface area contributed by atoms with Crippen LogP contribution in [-0.2, 0) is 13.2 Å². The first-order chi connectivity index (χ1) is 11.4. The van der Waals surface area contributed by atoms with E-state index in [9.17, 15) is 0 Å². The van der Waals surface area contributed by atoms with Crippen molar-refractivity contribution in [3.8, 4) is 17.2 Å². The van der Waals surface area contributed by atoms with Gasteiger partial charge in [-0.1, -0.05) is 18.2 Å². The average Bonchev–Trinajstić information content (AvgIpc) is 3.43. The fraction of sp³-hybridized carbons (Fsp3) is 0.368. The Morgan fingerprint density at radius 1 is 0.917 bits per heavy atom. The van der Waals surface area contributed by atoms with Crippen LogP contribution in [0.3, 0.4) is 0 Å². The fourth-order valence-corrected chi connectivity index (χ4v) is 2.60. The molecule has 0 atom stereocenters. The predicted octanol–water partition coefficient (Wildman–Crippen LogP) is 0.293. The van der Waals surface area contributed by atoms with E-state index in [4.69, 9.17) is 14.2 Å². The lowest BCUT2D eigenvalue weighted by Crippen LogP contribution is -3.00. The lowest BCUT2D eigenvalue weighted by atomic mass is 10.2. The molecule has 0 amide bonds. The Balaban J connectivity index is 0.00000169. The van der Waals surface area contributed by atoms with Crippen LogP contribution >= 0.6 is 0 Å². The molecule has 0 spiro atoms. The molecule has 1 aliphatic carbocycles. The molecule has 0 radical (unpaired) electrons. The van der Waals surface area contributed by atoms with E-state index in [-0.39, 0.29) is 12.4 Å². The zero-order valence-corrected chi connectivity index (χ0v) is 14.2. The van der Waals surface area contributed by atoms with Gasteiger partial charge in [0.2, 0.25) is 0 Å². The first-order valence-corrected chi connectivity index (χ1v) is 8.20. The fourth-order valence-electron chi connectivity index (χ4n) is 2.60. The van der Waals surface area contributed by atoms with Gasteiger partial charge in [-0.25, -0.2) is 0 Å². The van der Waals surface area contributed by atoms with Gasteiger partial charge in [0.25, 0.3) is 0 Å². The standard InChI is InChI=1S/C19H21NO3.ClH/c1-6-17(7-2-14(1)12-20-16-4-5-16)23-13-15-3-8-18-19(11-15)22-10-9-21-18;/h1-3,6-8,11,16,20H,4-5,9-10,12-13H2;1H/p-1. The third-order valence-corrected chi connectivity index (χ3v) is 4.11. The molecular weight excluding hydrogens is 326 g/mol. The van der Waals surface area contributed by atoms with Crippen molar-refractivity contribution in [1.82, 2.24) is 5.32 Å². The summed E-state index contributed by atoms with van der Waals surface area (Å²) in [6.45, 7) is 2.68. The zero-order valence-electron chi connectivity index (χ0n) is 13.5. The molecule has 0 saturated heterocycles. The second kappa shape index (κ2) is 7.77. The molecule has 1 fully saturated rings. The number of hydrogen-bond acceptors (Lipinski definition) is 4. The van der Waals surface area contributed by atoms with E-state index in [1.807, 2.05) is 30.3 Å². The Labute approximate surface area is 148 Å². The second-order valence-corrected chi connectivity index (χ2v) is 6.07. The van der Waals surface area contributed by atoms with Gasteiger partial charge in [-0.15, -0.1) is 0 Å². The van der Waals surface area contributed by atoms with Crippen molar-refractivity contribution in [1.29, 1.82) is 0 Å². The summed E-state index contributed by atoms with van der Waals surface area (Å²) in [6, 6.07) is 15.0. The second-order valence-electron chi connectivity index (χ2n) is 6.07. The van der Waals surface area contributed by atoms with Crippen molar-refractivity contribution in [3.05, 3.63) is 53.6 Å². The van der Waals surface area contributed by atoms with Crippen LogP contribution in [-0.4, -0.2) is 19.3 Å². The molecule has 0 unspecified atom stereocenters. The summed E-state index contributed by atoms with van der Waals surface area (Å²) in [7, 11) is 0. The Morgan fingerprint density at radius 2 is 1.62 bits per heavy atom. The van der Waals surface area contributed by atoms with Crippen molar-refractivity contribution in [2.24, 2.45) is 0 Å². The summed E-state index contributed by atoms with van der Waals surface area (Å²) in [5.41, 5.74) is 2.37. The molecule has 0 aromatic heterocycles. The summed E-state index contributed by atoms with van der Waals surface area (Å²) >= 11 is 0. The van der Waals surface area contributed by atoms with Crippen LogP contribution in [0.25, 0.3) is 0 Å².